The maximum atomic E-state index is 11.3. The molecule has 1 heterocycles. The van der Waals surface area contributed by atoms with Crippen molar-refractivity contribution in [3.8, 4) is 5.75 Å². The first-order chi connectivity index (χ1) is 7.90. The maximum absolute atomic E-state index is 11.3. The van der Waals surface area contributed by atoms with Crippen LogP contribution in [0.3, 0.4) is 0 Å². The van der Waals surface area contributed by atoms with Crippen LogP contribution in [0.5, 0.6) is 5.75 Å². The lowest BCUT2D eigenvalue weighted by Gasteiger charge is -2.19. The molecule has 94 valence electrons. The molecule has 0 spiro atoms. The Morgan fingerprint density at radius 3 is 2.59 bits per heavy atom. The van der Waals surface area contributed by atoms with Crippen LogP contribution in [0.25, 0.3) is 0 Å². The van der Waals surface area contributed by atoms with Gasteiger partial charge in [0, 0.05) is 0 Å². The van der Waals surface area contributed by atoms with Crippen LogP contribution in [0.2, 0.25) is 0 Å². The highest BCUT2D eigenvalue weighted by atomic mass is 16.6. The molecule has 0 amide bonds. The van der Waals surface area contributed by atoms with Gasteiger partial charge < -0.3 is 14.6 Å². The number of ether oxygens (including phenoxy) is 2. The predicted octanol–water partition coefficient (Wildman–Crippen LogP) is 1.29. The van der Waals surface area contributed by atoms with Gasteiger partial charge in [-0.15, -0.1) is 0 Å². The van der Waals surface area contributed by atoms with Crippen molar-refractivity contribution >= 4 is 5.97 Å². The molecule has 1 rings (SSSR count). The predicted molar refractivity (Wildman–Crippen MR) is 61.5 cm³/mol. The Morgan fingerprint density at radius 2 is 2.12 bits per heavy atom. The van der Waals surface area contributed by atoms with Crippen molar-refractivity contribution in [1.29, 1.82) is 0 Å². The molecule has 5 heteroatoms. The van der Waals surface area contributed by atoms with E-state index in [4.69, 9.17) is 14.6 Å². The van der Waals surface area contributed by atoms with Crippen LogP contribution in [0.15, 0.2) is 18.3 Å². The Balaban J connectivity index is 2.42. The van der Waals surface area contributed by atoms with Gasteiger partial charge in [0.1, 0.15) is 11.4 Å². The number of esters is 1. The molecule has 0 atom stereocenters. The van der Waals surface area contributed by atoms with E-state index in [0.29, 0.717) is 11.4 Å². The number of aromatic nitrogens is 1. The number of aliphatic hydroxyl groups is 1. The van der Waals surface area contributed by atoms with Crippen LogP contribution >= 0.6 is 0 Å². The van der Waals surface area contributed by atoms with Gasteiger partial charge in [0.15, 0.2) is 6.61 Å². The Hall–Kier alpha value is -1.62. The first kappa shape index (κ1) is 13.4. The van der Waals surface area contributed by atoms with Crippen LogP contribution in [-0.4, -0.2) is 28.3 Å². The molecule has 5 nitrogen and oxygen atoms in total. The van der Waals surface area contributed by atoms with Crippen LogP contribution in [0, 0.1) is 0 Å². The van der Waals surface area contributed by atoms with Gasteiger partial charge in [0.2, 0.25) is 0 Å². The zero-order valence-electron chi connectivity index (χ0n) is 10.3. The van der Waals surface area contributed by atoms with E-state index in [-0.39, 0.29) is 13.2 Å². The molecule has 0 unspecified atom stereocenters. The lowest BCUT2D eigenvalue weighted by molar-refractivity contribution is -0.157. The molecule has 0 radical (unpaired) electrons. The maximum Gasteiger partial charge on any atom is 0.344 e. The van der Waals surface area contributed by atoms with Crippen molar-refractivity contribution in [2.24, 2.45) is 0 Å². The third-order valence-corrected chi connectivity index (χ3v) is 1.74. The molecule has 0 saturated carbocycles. The largest absolute Gasteiger partial charge is 0.480 e. The Labute approximate surface area is 100 Å². The third-order valence-electron chi connectivity index (χ3n) is 1.74. The minimum atomic E-state index is -0.514. The molecule has 1 N–H and O–H groups in total. The molecular formula is C12H17NO4. The fraction of sp³-hybridized carbons (Fsp3) is 0.500. The van der Waals surface area contributed by atoms with Crippen LogP contribution in [0.4, 0.5) is 0 Å². The summed E-state index contributed by atoms with van der Waals surface area (Å²) in [6.07, 6.45) is 1.45. The second kappa shape index (κ2) is 5.63. The topological polar surface area (TPSA) is 68.7 Å². The highest BCUT2D eigenvalue weighted by Gasteiger charge is 2.16. The van der Waals surface area contributed by atoms with E-state index in [9.17, 15) is 4.79 Å². The van der Waals surface area contributed by atoms with Crippen molar-refractivity contribution in [2.45, 2.75) is 33.0 Å². The summed E-state index contributed by atoms with van der Waals surface area (Å²) in [7, 11) is 0. The molecule has 0 aliphatic rings. The number of hydrogen-bond acceptors (Lipinski definition) is 5. The van der Waals surface area contributed by atoms with Crippen LogP contribution in [0.1, 0.15) is 26.5 Å². The first-order valence-corrected chi connectivity index (χ1v) is 5.31. The lowest BCUT2D eigenvalue weighted by atomic mass is 10.2. The second-order valence-corrected chi connectivity index (χ2v) is 4.52. The zero-order valence-corrected chi connectivity index (χ0v) is 10.3. The Bertz CT molecular complexity index is 367. The molecule has 0 bridgehead atoms. The number of nitrogens with zero attached hydrogens (tertiary/aromatic N) is 1. The Morgan fingerprint density at radius 1 is 1.41 bits per heavy atom. The second-order valence-electron chi connectivity index (χ2n) is 4.52. The van der Waals surface area contributed by atoms with E-state index in [1.54, 1.807) is 32.9 Å². The lowest BCUT2D eigenvalue weighted by Crippen LogP contribution is -2.27. The number of rotatable bonds is 4. The first-order valence-electron chi connectivity index (χ1n) is 5.31. The van der Waals surface area contributed by atoms with E-state index >= 15 is 0 Å². The van der Waals surface area contributed by atoms with Crippen molar-refractivity contribution in [2.75, 3.05) is 6.61 Å². The molecule has 0 aliphatic heterocycles. The van der Waals surface area contributed by atoms with Gasteiger partial charge in [0.05, 0.1) is 18.5 Å². The molecule has 0 aromatic carbocycles. The summed E-state index contributed by atoms with van der Waals surface area (Å²) in [6.45, 7) is 5.11. The summed E-state index contributed by atoms with van der Waals surface area (Å²) < 4.78 is 10.3. The minimum Gasteiger partial charge on any atom is -0.480 e. The Kier molecular flexibility index (Phi) is 4.45. The summed E-state index contributed by atoms with van der Waals surface area (Å²) in [6, 6.07) is 3.27. The molecule has 0 aliphatic carbocycles. The minimum absolute atomic E-state index is 0.119. The normalized spacial score (nSPS) is 11.1. The standard InChI is InChI=1S/C12H17NO4/c1-12(2,3)17-11(15)8-16-10-5-4-9(7-14)13-6-10/h4-6,14H,7-8H2,1-3H3. The van der Waals surface area contributed by atoms with Crippen molar-refractivity contribution in [3.63, 3.8) is 0 Å². The summed E-state index contributed by atoms with van der Waals surface area (Å²) in [5.74, 6) is 0.0387. The summed E-state index contributed by atoms with van der Waals surface area (Å²) in [5.41, 5.74) is 0.0361. The van der Waals surface area contributed by atoms with Crippen LogP contribution in [-0.2, 0) is 16.1 Å². The van der Waals surface area contributed by atoms with E-state index in [1.165, 1.54) is 6.20 Å². The molecular weight excluding hydrogens is 222 g/mol. The van der Waals surface area contributed by atoms with Crippen molar-refractivity contribution in [3.05, 3.63) is 24.0 Å². The number of carbonyl (C=O) groups excluding carboxylic acids is 1. The van der Waals surface area contributed by atoms with Gasteiger partial charge in [-0.3, -0.25) is 4.98 Å². The van der Waals surface area contributed by atoms with E-state index < -0.39 is 11.6 Å². The average molecular weight is 239 g/mol. The quantitative estimate of drug-likeness (QED) is 0.802. The summed E-state index contributed by atoms with van der Waals surface area (Å²) in [5, 5.41) is 8.80. The molecule has 17 heavy (non-hydrogen) atoms. The fourth-order valence-electron chi connectivity index (χ4n) is 1.10. The molecule has 0 fully saturated rings. The number of pyridine rings is 1. The third kappa shape index (κ3) is 5.31. The van der Waals surface area contributed by atoms with E-state index in [1.807, 2.05) is 0 Å². The van der Waals surface area contributed by atoms with Gasteiger partial charge >= 0.3 is 5.97 Å². The van der Waals surface area contributed by atoms with Crippen molar-refractivity contribution < 1.29 is 19.4 Å². The summed E-state index contributed by atoms with van der Waals surface area (Å²) >= 11 is 0. The number of aliphatic hydroxyl groups excluding tert-OH is 1. The van der Waals surface area contributed by atoms with Gasteiger partial charge in [-0.05, 0) is 32.9 Å². The summed E-state index contributed by atoms with van der Waals surface area (Å²) in [4.78, 5) is 15.3. The van der Waals surface area contributed by atoms with Gasteiger partial charge in [-0.1, -0.05) is 0 Å². The molecule has 1 aromatic rings. The zero-order chi connectivity index (χ0) is 12.9. The SMILES string of the molecule is CC(C)(C)OC(=O)COc1ccc(CO)nc1. The highest BCUT2D eigenvalue weighted by Crippen LogP contribution is 2.11. The van der Waals surface area contributed by atoms with Gasteiger partial charge in [0.25, 0.3) is 0 Å². The monoisotopic (exact) mass is 239 g/mol. The molecule has 0 saturated heterocycles. The van der Waals surface area contributed by atoms with Crippen LogP contribution < -0.4 is 4.74 Å². The van der Waals surface area contributed by atoms with E-state index in [0.717, 1.165) is 0 Å². The van der Waals surface area contributed by atoms with Gasteiger partial charge in [-0.25, -0.2) is 4.79 Å². The fourth-order valence-corrected chi connectivity index (χ4v) is 1.10. The van der Waals surface area contributed by atoms with E-state index in [2.05, 4.69) is 4.98 Å². The van der Waals surface area contributed by atoms with Gasteiger partial charge in [-0.2, -0.15) is 0 Å². The highest BCUT2D eigenvalue weighted by molar-refractivity contribution is 5.71. The smallest absolute Gasteiger partial charge is 0.344 e. The van der Waals surface area contributed by atoms with Crippen molar-refractivity contribution in [1.82, 2.24) is 4.98 Å². The number of carbonyl (C=O) groups is 1. The molecule has 1 aromatic heterocycles. The average Bonchev–Trinajstić information content (AvgIpc) is 2.25. The number of hydrogen-bond donors (Lipinski definition) is 1.